The van der Waals surface area contributed by atoms with E-state index in [2.05, 4.69) is 0 Å². The number of hydrogen-bond acceptors (Lipinski definition) is 6. The van der Waals surface area contributed by atoms with E-state index in [1.165, 1.54) is 0 Å². The van der Waals surface area contributed by atoms with Gasteiger partial charge in [-0.15, -0.1) is 0 Å². The molecule has 1 aliphatic heterocycles. The maximum Gasteiger partial charge on any atom is 0.345 e. The number of carbonyl (C=O) groups is 3. The van der Waals surface area contributed by atoms with Crippen LogP contribution in [0.4, 0.5) is 0 Å². The van der Waals surface area contributed by atoms with Gasteiger partial charge in [-0.1, -0.05) is 19.8 Å². The minimum Gasteiger partial charge on any atom is -0.458 e. The second kappa shape index (κ2) is 7.34. The Morgan fingerprint density at radius 3 is 2.32 bits per heavy atom. The molecule has 2 rings (SSSR count). The molecule has 1 aliphatic carbocycles. The third-order valence-electron chi connectivity index (χ3n) is 6.00. The molecular weight excluding hydrogens is 324 g/mol. The summed E-state index contributed by atoms with van der Waals surface area (Å²) in [6.45, 7) is 8.52. The number of rotatable bonds is 6. The standard InChI is InChI=1S/C19H30O6/c1-6-18(4,5)17(22)23-11-15(20)25-19(14-9-7-8-10-14)12(2)16(21)24-13(19)3/h12-14H,6-11H2,1-5H3. The van der Waals surface area contributed by atoms with E-state index < -0.39 is 41.6 Å². The van der Waals surface area contributed by atoms with Gasteiger partial charge in [-0.25, -0.2) is 4.79 Å². The molecule has 2 fully saturated rings. The summed E-state index contributed by atoms with van der Waals surface area (Å²) in [5, 5.41) is 0. The highest BCUT2D eigenvalue weighted by atomic mass is 16.6. The molecule has 0 aromatic heterocycles. The molecule has 0 radical (unpaired) electrons. The minimum absolute atomic E-state index is 0.0932. The molecule has 3 unspecified atom stereocenters. The van der Waals surface area contributed by atoms with Crippen molar-refractivity contribution in [2.45, 2.75) is 78.4 Å². The van der Waals surface area contributed by atoms with Crippen LogP contribution in [0.1, 0.15) is 66.7 Å². The number of carbonyl (C=O) groups excluding carboxylic acids is 3. The van der Waals surface area contributed by atoms with Gasteiger partial charge in [0.15, 0.2) is 12.2 Å². The normalized spacial score (nSPS) is 30.2. The first-order chi connectivity index (χ1) is 11.6. The molecule has 3 atom stereocenters. The largest absolute Gasteiger partial charge is 0.458 e. The second-order valence-corrected chi connectivity index (χ2v) is 7.92. The average Bonchev–Trinajstić information content (AvgIpc) is 3.17. The predicted octanol–water partition coefficient (Wildman–Crippen LogP) is 3.02. The smallest absolute Gasteiger partial charge is 0.345 e. The van der Waals surface area contributed by atoms with Crippen molar-refractivity contribution in [3.05, 3.63) is 0 Å². The molecule has 0 spiro atoms. The van der Waals surface area contributed by atoms with Crippen LogP contribution in [0.5, 0.6) is 0 Å². The van der Waals surface area contributed by atoms with Crippen LogP contribution in [0.2, 0.25) is 0 Å². The van der Waals surface area contributed by atoms with Crippen LogP contribution in [0, 0.1) is 17.3 Å². The maximum atomic E-state index is 12.4. The Morgan fingerprint density at radius 2 is 1.84 bits per heavy atom. The lowest BCUT2D eigenvalue weighted by molar-refractivity contribution is -0.187. The van der Waals surface area contributed by atoms with E-state index >= 15 is 0 Å². The van der Waals surface area contributed by atoms with Crippen molar-refractivity contribution in [1.29, 1.82) is 0 Å². The molecule has 25 heavy (non-hydrogen) atoms. The van der Waals surface area contributed by atoms with Gasteiger partial charge < -0.3 is 14.2 Å². The third kappa shape index (κ3) is 3.67. The van der Waals surface area contributed by atoms with Crippen molar-refractivity contribution < 1.29 is 28.6 Å². The Hall–Kier alpha value is -1.59. The number of ether oxygens (including phenoxy) is 3. The van der Waals surface area contributed by atoms with Crippen LogP contribution >= 0.6 is 0 Å². The van der Waals surface area contributed by atoms with Gasteiger partial charge in [-0.3, -0.25) is 9.59 Å². The van der Waals surface area contributed by atoms with Gasteiger partial charge in [-0.2, -0.15) is 0 Å². The molecule has 1 heterocycles. The van der Waals surface area contributed by atoms with Crippen LogP contribution in [0.3, 0.4) is 0 Å². The van der Waals surface area contributed by atoms with Gasteiger partial charge in [-0.05, 0) is 47.0 Å². The lowest BCUT2D eigenvalue weighted by atomic mass is 9.75. The summed E-state index contributed by atoms with van der Waals surface area (Å²) in [5.41, 5.74) is -1.60. The fourth-order valence-corrected chi connectivity index (χ4v) is 3.91. The highest BCUT2D eigenvalue weighted by molar-refractivity contribution is 5.81. The Morgan fingerprint density at radius 1 is 1.24 bits per heavy atom. The zero-order valence-corrected chi connectivity index (χ0v) is 15.9. The Balaban J connectivity index is 2.09. The van der Waals surface area contributed by atoms with Crippen LogP contribution < -0.4 is 0 Å². The van der Waals surface area contributed by atoms with Crippen molar-refractivity contribution in [2.24, 2.45) is 17.3 Å². The van der Waals surface area contributed by atoms with Crippen molar-refractivity contribution in [3.8, 4) is 0 Å². The van der Waals surface area contributed by atoms with Crippen LogP contribution in [0.15, 0.2) is 0 Å². The molecule has 6 heteroatoms. The number of esters is 3. The monoisotopic (exact) mass is 354 g/mol. The number of cyclic esters (lactones) is 1. The van der Waals surface area contributed by atoms with E-state index in [9.17, 15) is 14.4 Å². The maximum absolute atomic E-state index is 12.4. The summed E-state index contributed by atoms with van der Waals surface area (Å²) in [6.07, 6.45) is 4.03. The SMILES string of the molecule is CCC(C)(C)C(=O)OCC(=O)OC1(C2CCCC2)C(C)OC(=O)C1C. The zero-order valence-electron chi connectivity index (χ0n) is 15.9. The minimum atomic E-state index is -0.961. The fraction of sp³-hybridized carbons (Fsp3) is 0.842. The van der Waals surface area contributed by atoms with Crippen molar-refractivity contribution in [3.63, 3.8) is 0 Å². The molecule has 0 amide bonds. The average molecular weight is 354 g/mol. The van der Waals surface area contributed by atoms with E-state index in [-0.39, 0.29) is 11.9 Å². The van der Waals surface area contributed by atoms with E-state index in [0.29, 0.717) is 6.42 Å². The molecule has 0 aromatic rings. The molecule has 142 valence electrons. The van der Waals surface area contributed by atoms with Gasteiger partial charge in [0.25, 0.3) is 0 Å². The topological polar surface area (TPSA) is 78.9 Å². The summed E-state index contributed by atoms with van der Waals surface area (Å²) < 4.78 is 16.3. The number of hydrogen-bond donors (Lipinski definition) is 0. The van der Waals surface area contributed by atoms with Gasteiger partial charge in [0, 0.05) is 5.92 Å². The van der Waals surface area contributed by atoms with E-state index in [0.717, 1.165) is 25.7 Å². The van der Waals surface area contributed by atoms with Crippen LogP contribution in [0.25, 0.3) is 0 Å². The molecule has 0 bridgehead atoms. The molecule has 1 saturated carbocycles. The predicted molar refractivity (Wildman–Crippen MR) is 90.5 cm³/mol. The van der Waals surface area contributed by atoms with Crippen molar-refractivity contribution >= 4 is 17.9 Å². The molecule has 2 aliphatic rings. The van der Waals surface area contributed by atoms with E-state index in [1.807, 2.05) is 6.92 Å². The lowest BCUT2D eigenvalue weighted by Gasteiger charge is -2.39. The molecule has 0 N–H and O–H groups in total. The molecule has 0 aromatic carbocycles. The lowest BCUT2D eigenvalue weighted by Crippen LogP contribution is -2.52. The van der Waals surface area contributed by atoms with Gasteiger partial charge in [0.2, 0.25) is 0 Å². The van der Waals surface area contributed by atoms with Crippen LogP contribution in [-0.4, -0.2) is 36.2 Å². The summed E-state index contributed by atoms with van der Waals surface area (Å²) in [7, 11) is 0. The summed E-state index contributed by atoms with van der Waals surface area (Å²) in [5.74, 6) is -1.81. The third-order valence-corrected chi connectivity index (χ3v) is 6.00. The summed E-state index contributed by atoms with van der Waals surface area (Å²) in [6, 6.07) is 0. The van der Waals surface area contributed by atoms with Crippen molar-refractivity contribution in [1.82, 2.24) is 0 Å². The van der Waals surface area contributed by atoms with Gasteiger partial charge >= 0.3 is 17.9 Å². The summed E-state index contributed by atoms with van der Waals surface area (Å²) in [4.78, 5) is 36.5. The molecule has 6 nitrogen and oxygen atoms in total. The first-order valence-corrected chi connectivity index (χ1v) is 9.24. The van der Waals surface area contributed by atoms with E-state index in [1.54, 1.807) is 27.7 Å². The fourth-order valence-electron chi connectivity index (χ4n) is 3.91. The van der Waals surface area contributed by atoms with Gasteiger partial charge in [0.1, 0.15) is 6.10 Å². The van der Waals surface area contributed by atoms with Crippen molar-refractivity contribution in [2.75, 3.05) is 6.61 Å². The summed E-state index contributed by atoms with van der Waals surface area (Å²) >= 11 is 0. The van der Waals surface area contributed by atoms with Crippen LogP contribution in [-0.2, 0) is 28.6 Å². The quantitative estimate of drug-likeness (QED) is 0.539. The zero-order chi connectivity index (χ0) is 18.8. The first kappa shape index (κ1) is 19.7. The highest BCUT2D eigenvalue weighted by Crippen LogP contribution is 2.48. The highest BCUT2D eigenvalue weighted by Gasteiger charge is 2.60. The Kier molecular flexibility index (Phi) is 5.79. The van der Waals surface area contributed by atoms with E-state index in [4.69, 9.17) is 14.2 Å². The molecular formula is C19H30O6. The Bertz CT molecular complexity index is 534. The second-order valence-electron chi connectivity index (χ2n) is 7.92. The Labute approximate surface area is 149 Å². The molecule has 1 saturated heterocycles. The first-order valence-electron chi connectivity index (χ1n) is 9.24. The van der Waals surface area contributed by atoms with Gasteiger partial charge in [0.05, 0.1) is 11.3 Å².